The summed E-state index contributed by atoms with van der Waals surface area (Å²) >= 11 is 1.25. The van der Waals surface area contributed by atoms with Crippen LogP contribution in [0.4, 0.5) is 8.78 Å². The Balaban J connectivity index is 1.98. The zero-order chi connectivity index (χ0) is 17.8. The second-order valence-electron chi connectivity index (χ2n) is 5.42. The highest BCUT2D eigenvalue weighted by Gasteiger charge is 2.12. The minimum absolute atomic E-state index is 0.0568. The molecule has 0 saturated carbocycles. The van der Waals surface area contributed by atoms with E-state index >= 15 is 0 Å². The van der Waals surface area contributed by atoms with Gasteiger partial charge in [0.1, 0.15) is 11.6 Å². The number of aromatic nitrogens is 1. The van der Waals surface area contributed by atoms with Gasteiger partial charge in [-0.1, -0.05) is 29.5 Å². The molecule has 130 valence electrons. The average molecular weight is 362 g/mol. The number of rotatable bonds is 5. The normalized spacial score (nSPS) is 12.0. The first-order valence-corrected chi connectivity index (χ1v) is 8.49. The quantitative estimate of drug-likeness (QED) is 0.699. The number of fused-ring (bicyclic) bond motifs is 1. The molecule has 3 rings (SSSR count). The van der Waals surface area contributed by atoms with E-state index in [1.807, 2.05) is 0 Å². The number of hydrogen-bond donors (Lipinski definition) is 0. The van der Waals surface area contributed by atoms with E-state index in [0.29, 0.717) is 33.7 Å². The summed E-state index contributed by atoms with van der Waals surface area (Å²) in [6, 6.07) is 10.5. The van der Waals surface area contributed by atoms with Crippen LogP contribution in [0.3, 0.4) is 0 Å². The third-order valence-electron chi connectivity index (χ3n) is 3.66. The zero-order valence-electron chi connectivity index (χ0n) is 13.5. The summed E-state index contributed by atoms with van der Waals surface area (Å²) in [4.78, 5) is 16.8. The molecule has 0 unspecified atom stereocenters. The smallest absolute Gasteiger partial charge is 0.252 e. The van der Waals surface area contributed by atoms with Crippen LogP contribution >= 0.6 is 11.3 Å². The minimum atomic E-state index is -0.371. The second kappa shape index (κ2) is 7.67. The van der Waals surface area contributed by atoms with E-state index in [9.17, 15) is 13.6 Å². The molecule has 0 N–H and O–H groups in total. The lowest BCUT2D eigenvalue weighted by atomic mass is 10.1. The third-order valence-corrected chi connectivity index (χ3v) is 4.70. The second-order valence-corrected chi connectivity index (χ2v) is 6.43. The summed E-state index contributed by atoms with van der Waals surface area (Å²) in [6.07, 6.45) is 0.0568. The highest BCUT2D eigenvalue weighted by molar-refractivity contribution is 7.16. The highest BCUT2D eigenvalue weighted by Crippen LogP contribution is 2.20. The zero-order valence-corrected chi connectivity index (χ0v) is 14.4. The number of halogens is 2. The first-order chi connectivity index (χ1) is 12.1. The number of carbonyl (C=O) groups is 1. The van der Waals surface area contributed by atoms with Crippen molar-refractivity contribution in [3.8, 4) is 0 Å². The maximum absolute atomic E-state index is 14.2. The Morgan fingerprint density at radius 3 is 2.68 bits per heavy atom. The first-order valence-electron chi connectivity index (χ1n) is 7.67. The predicted octanol–water partition coefficient (Wildman–Crippen LogP) is 3.30. The third kappa shape index (κ3) is 4.00. The van der Waals surface area contributed by atoms with Crippen molar-refractivity contribution in [1.82, 2.24) is 4.57 Å². The van der Waals surface area contributed by atoms with E-state index in [0.717, 1.165) is 0 Å². The molecule has 0 aliphatic carbocycles. The average Bonchev–Trinajstić information content (AvgIpc) is 2.93. The lowest BCUT2D eigenvalue weighted by molar-refractivity contribution is -0.117. The topological polar surface area (TPSA) is 43.6 Å². The Labute approximate surface area is 147 Å². The standard InChI is InChI=1S/C18H16F2N2O2S/c1-24-10-9-22-17-14(20)3-2-4-15(17)25-18(22)21-16(23)11-12-5-7-13(19)8-6-12/h2-8H,9-11H2,1H3. The SMILES string of the molecule is COCCn1c(=NC(=O)Cc2ccc(F)cc2)sc2cccc(F)c21. The first kappa shape index (κ1) is 17.4. The number of amides is 1. The molecule has 0 radical (unpaired) electrons. The van der Waals surface area contributed by atoms with E-state index < -0.39 is 0 Å². The monoisotopic (exact) mass is 362 g/mol. The molecule has 1 heterocycles. The van der Waals surface area contributed by atoms with Crippen molar-refractivity contribution < 1.29 is 18.3 Å². The van der Waals surface area contributed by atoms with Crippen LogP contribution in [0, 0.1) is 11.6 Å². The number of para-hydroxylation sites is 1. The van der Waals surface area contributed by atoms with Crippen LogP contribution in [0.15, 0.2) is 47.5 Å². The molecule has 25 heavy (non-hydrogen) atoms. The van der Waals surface area contributed by atoms with Gasteiger partial charge in [-0.25, -0.2) is 8.78 Å². The summed E-state index contributed by atoms with van der Waals surface area (Å²) in [5, 5.41) is 0. The summed E-state index contributed by atoms with van der Waals surface area (Å²) in [6.45, 7) is 0.763. The van der Waals surface area contributed by atoms with Gasteiger partial charge >= 0.3 is 0 Å². The number of hydrogen-bond acceptors (Lipinski definition) is 3. The molecule has 1 amide bonds. The van der Waals surface area contributed by atoms with Crippen LogP contribution in [0.25, 0.3) is 10.2 Å². The van der Waals surface area contributed by atoms with Crippen LogP contribution in [0.1, 0.15) is 5.56 Å². The van der Waals surface area contributed by atoms with Gasteiger partial charge in [0.05, 0.1) is 23.2 Å². The Morgan fingerprint density at radius 2 is 1.96 bits per heavy atom. The van der Waals surface area contributed by atoms with Gasteiger partial charge in [0.2, 0.25) is 0 Å². The van der Waals surface area contributed by atoms with Crippen molar-refractivity contribution in [3.05, 3.63) is 64.5 Å². The summed E-state index contributed by atoms with van der Waals surface area (Å²) in [5.41, 5.74) is 1.09. The van der Waals surface area contributed by atoms with E-state index in [1.165, 1.54) is 29.5 Å². The van der Waals surface area contributed by atoms with Crippen LogP contribution in [0.2, 0.25) is 0 Å². The number of carbonyl (C=O) groups excluding carboxylic acids is 1. The van der Waals surface area contributed by atoms with Gasteiger partial charge in [0.15, 0.2) is 4.80 Å². The number of benzene rings is 2. The molecule has 0 aliphatic heterocycles. The van der Waals surface area contributed by atoms with Crippen LogP contribution in [-0.4, -0.2) is 24.2 Å². The molecule has 0 saturated heterocycles. The van der Waals surface area contributed by atoms with E-state index in [2.05, 4.69) is 4.99 Å². The molecule has 3 aromatic rings. The van der Waals surface area contributed by atoms with Crippen LogP contribution < -0.4 is 4.80 Å². The largest absolute Gasteiger partial charge is 0.383 e. The van der Waals surface area contributed by atoms with Crippen LogP contribution in [0.5, 0.6) is 0 Å². The Kier molecular flexibility index (Phi) is 5.35. The molecule has 7 heteroatoms. The number of nitrogens with zero attached hydrogens (tertiary/aromatic N) is 2. The van der Waals surface area contributed by atoms with Gasteiger partial charge < -0.3 is 9.30 Å². The van der Waals surface area contributed by atoms with Crippen molar-refractivity contribution >= 4 is 27.5 Å². The van der Waals surface area contributed by atoms with Gasteiger partial charge in [-0.15, -0.1) is 0 Å². The fourth-order valence-corrected chi connectivity index (χ4v) is 3.57. The predicted molar refractivity (Wildman–Crippen MR) is 92.3 cm³/mol. The Bertz CT molecular complexity index is 961. The summed E-state index contributed by atoms with van der Waals surface area (Å²) in [5.74, 6) is -1.09. The van der Waals surface area contributed by atoms with Gasteiger partial charge in [0, 0.05) is 13.7 Å². The molecule has 0 atom stereocenters. The Morgan fingerprint density at radius 1 is 1.20 bits per heavy atom. The molecular weight excluding hydrogens is 346 g/mol. The van der Waals surface area contributed by atoms with Gasteiger partial charge in [-0.2, -0.15) is 4.99 Å². The van der Waals surface area contributed by atoms with Crippen molar-refractivity contribution in [2.75, 3.05) is 13.7 Å². The van der Waals surface area contributed by atoms with Crippen molar-refractivity contribution in [2.24, 2.45) is 4.99 Å². The Hall–Kier alpha value is -2.38. The van der Waals surface area contributed by atoms with E-state index in [-0.39, 0.29) is 24.0 Å². The lowest BCUT2D eigenvalue weighted by Gasteiger charge is -2.04. The summed E-state index contributed by atoms with van der Waals surface area (Å²) in [7, 11) is 1.56. The number of ether oxygens (including phenoxy) is 1. The molecule has 0 fully saturated rings. The van der Waals surface area contributed by atoms with Gasteiger partial charge in [0.25, 0.3) is 5.91 Å². The minimum Gasteiger partial charge on any atom is -0.383 e. The van der Waals surface area contributed by atoms with Crippen molar-refractivity contribution in [1.29, 1.82) is 0 Å². The van der Waals surface area contributed by atoms with Crippen molar-refractivity contribution in [2.45, 2.75) is 13.0 Å². The molecule has 2 aromatic carbocycles. The van der Waals surface area contributed by atoms with E-state index in [4.69, 9.17) is 4.74 Å². The number of methoxy groups -OCH3 is 1. The van der Waals surface area contributed by atoms with E-state index in [1.54, 1.807) is 35.9 Å². The van der Waals surface area contributed by atoms with Crippen LogP contribution in [-0.2, 0) is 22.5 Å². The summed E-state index contributed by atoms with van der Waals surface area (Å²) < 4.78 is 34.6. The molecule has 0 bridgehead atoms. The fraction of sp³-hybridized carbons (Fsp3) is 0.222. The maximum Gasteiger partial charge on any atom is 0.252 e. The maximum atomic E-state index is 14.2. The molecule has 0 spiro atoms. The lowest BCUT2D eigenvalue weighted by Crippen LogP contribution is -2.20. The molecule has 4 nitrogen and oxygen atoms in total. The van der Waals surface area contributed by atoms with Gasteiger partial charge in [-0.3, -0.25) is 4.79 Å². The molecule has 1 aromatic heterocycles. The highest BCUT2D eigenvalue weighted by atomic mass is 32.1. The molecule has 0 aliphatic rings. The van der Waals surface area contributed by atoms with Crippen molar-refractivity contribution in [3.63, 3.8) is 0 Å². The fourth-order valence-electron chi connectivity index (χ4n) is 2.49. The number of thiazole rings is 1. The molecular formula is C18H16F2N2O2S. The van der Waals surface area contributed by atoms with Gasteiger partial charge in [-0.05, 0) is 29.8 Å².